The molecule has 0 heterocycles. The van der Waals surface area contributed by atoms with Crippen LogP contribution in [-0.2, 0) is 9.53 Å². The lowest BCUT2D eigenvalue weighted by Gasteiger charge is -2.19. The molecule has 20 heavy (non-hydrogen) atoms. The number of ether oxygens (including phenoxy) is 1. The van der Waals surface area contributed by atoms with Gasteiger partial charge in [0.2, 0.25) is 0 Å². The van der Waals surface area contributed by atoms with E-state index >= 15 is 0 Å². The molecule has 3 N–H and O–H groups in total. The number of hydrogen-bond acceptors (Lipinski definition) is 5. The molecule has 1 rings (SSSR count). The number of rotatable bonds is 6. The Hall–Kier alpha value is -1.63. The summed E-state index contributed by atoms with van der Waals surface area (Å²) in [4.78, 5) is 22.3. The van der Waals surface area contributed by atoms with Gasteiger partial charge in [-0.3, -0.25) is 4.79 Å². The molecule has 0 aromatic heterocycles. The van der Waals surface area contributed by atoms with Crippen molar-refractivity contribution in [3.8, 4) is 0 Å². The minimum Gasteiger partial charge on any atom is -0.478 e. The van der Waals surface area contributed by atoms with Gasteiger partial charge in [-0.05, 0) is 24.6 Å². The standard InChI is InChI=1S/C13H15ClO6/c1-2-20-11(16)6-10(15)12(17)8-4-3-7(14)5-9(8)13(18)19/h3-5,10,12,15,17H,2,6H2,1H3,(H,18,19). The summed E-state index contributed by atoms with van der Waals surface area (Å²) >= 11 is 5.69. The van der Waals surface area contributed by atoms with E-state index in [1.165, 1.54) is 18.2 Å². The van der Waals surface area contributed by atoms with E-state index in [-0.39, 0.29) is 22.8 Å². The minimum atomic E-state index is -1.53. The predicted molar refractivity (Wildman–Crippen MR) is 70.6 cm³/mol. The average Bonchev–Trinajstić information content (AvgIpc) is 2.37. The fourth-order valence-corrected chi connectivity index (χ4v) is 1.85. The summed E-state index contributed by atoms with van der Waals surface area (Å²) in [7, 11) is 0. The lowest BCUT2D eigenvalue weighted by molar-refractivity contribution is -0.147. The van der Waals surface area contributed by atoms with Crippen LogP contribution in [0.3, 0.4) is 0 Å². The zero-order valence-electron chi connectivity index (χ0n) is 10.7. The van der Waals surface area contributed by atoms with Gasteiger partial charge in [0.15, 0.2) is 0 Å². The Morgan fingerprint density at radius 3 is 2.55 bits per heavy atom. The lowest BCUT2D eigenvalue weighted by Crippen LogP contribution is -2.24. The van der Waals surface area contributed by atoms with E-state index < -0.39 is 30.6 Å². The van der Waals surface area contributed by atoms with Crippen molar-refractivity contribution in [2.45, 2.75) is 25.6 Å². The Kier molecular flexibility index (Phi) is 5.94. The molecule has 110 valence electrons. The number of hydrogen-bond donors (Lipinski definition) is 3. The molecular formula is C13H15ClO6. The molecule has 2 unspecified atom stereocenters. The van der Waals surface area contributed by atoms with Crippen molar-refractivity contribution < 1.29 is 29.6 Å². The number of carbonyl (C=O) groups is 2. The van der Waals surface area contributed by atoms with Gasteiger partial charge in [0, 0.05) is 5.02 Å². The summed E-state index contributed by atoms with van der Waals surface area (Å²) in [6, 6.07) is 3.86. The summed E-state index contributed by atoms with van der Waals surface area (Å²) in [5, 5.41) is 29.0. The van der Waals surface area contributed by atoms with Crippen LogP contribution in [0.1, 0.15) is 35.4 Å². The Balaban J connectivity index is 2.93. The highest BCUT2D eigenvalue weighted by Crippen LogP contribution is 2.25. The Morgan fingerprint density at radius 2 is 2.00 bits per heavy atom. The third kappa shape index (κ3) is 4.19. The first kappa shape index (κ1) is 16.4. The Bertz CT molecular complexity index is 502. The van der Waals surface area contributed by atoms with Gasteiger partial charge < -0.3 is 20.1 Å². The molecule has 0 aliphatic carbocycles. The largest absolute Gasteiger partial charge is 0.478 e. The summed E-state index contributed by atoms with van der Waals surface area (Å²) in [6.45, 7) is 1.77. The van der Waals surface area contributed by atoms with Crippen LogP contribution in [0.5, 0.6) is 0 Å². The monoisotopic (exact) mass is 302 g/mol. The SMILES string of the molecule is CCOC(=O)CC(O)C(O)c1ccc(Cl)cc1C(=O)O. The molecule has 7 heteroatoms. The van der Waals surface area contributed by atoms with Crippen LogP contribution in [0.4, 0.5) is 0 Å². The maximum atomic E-state index is 11.2. The molecule has 0 bridgehead atoms. The predicted octanol–water partition coefficient (Wildman–Crippen LogP) is 1.39. The molecule has 0 aliphatic rings. The molecule has 0 amide bonds. The van der Waals surface area contributed by atoms with Crippen LogP contribution < -0.4 is 0 Å². The summed E-state index contributed by atoms with van der Waals surface area (Å²) in [6.07, 6.45) is -3.42. The van der Waals surface area contributed by atoms with Crippen molar-refractivity contribution >= 4 is 23.5 Å². The van der Waals surface area contributed by atoms with Gasteiger partial charge in [-0.25, -0.2) is 4.79 Å². The second-order valence-electron chi connectivity index (χ2n) is 4.06. The first-order valence-corrected chi connectivity index (χ1v) is 6.29. The molecule has 0 aliphatic heterocycles. The second kappa shape index (κ2) is 7.23. The third-order valence-corrected chi connectivity index (χ3v) is 2.85. The number of aromatic carboxylic acids is 1. The molecule has 2 atom stereocenters. The number of carboxylic acids is 1. The van der Waals surface area contributed by atoms with E-state index in [9.17, 15) is 19.8 Å². The Labute approximate surface area is 120 Å². The van der Waals surface area contributed by atoms with Crippen molar-refractivity contribution in [3.63, 3.8) is 0 Å². The molecule has 0 saturated heterocycles. The van der Waals surface area contributed by atoms with Gasteiger partial charge in [0.05, 0.1) is 24.7 Å². The van der Waals surface area contributed by atoms with Crippen LogP contribution in [0.2, 0.25) is 5.02 Å². The van der Waals surface area contributed by atoms with E-state index in [0.717, 1.165) is 0 Å². The van der Waals surface area contributed by atoms with E-state index in [1.807, 2.05) is 0 Å². The van der Waals surface area contributed by atoms with Crippen molar-refractivity contribution in [2.75, 3.05) is 6.61 Å². The second-order valence-corrected chi connectivity index (χ2v) is 4.49. The highest BCUT2D eigenvalue weighted by atomic mass is 35.5. The van der Waals surface area contributed by atoms with Crippen LogP contribution >= 0.6 is 11.6 Å². The zero-order chi connectivity index (χ0) is 15.3. The fourth-order valence-electron chi connectivity index (χ4n) is 1.68. The highest BCUT2D eigenvalue weighted by molar-refractivity contribution is 6.31. The molecule has 6 nitrogen and oxygen atoms in total. The number of benzene rings is 1. The molecule has 0 saturated carbocycles. The maximum absolute atomic E-state index is 11.2. The molecule has 0 spiro atoms. The Morgan fingerprint density at radius 1 is 1.35 bits per heavy atom. The van der Waals surface area contributed by atoms with Gasteiger partial charge in [-0.15, -0.1) is 0 Å². The maximum Gasteiger partial charge on any atom is 0.336 e. The number of carbonyl (C=O) groups excluding carboxylic acids is 1. The molecule has 0 fully saturated rings. The zero-order valence-corrected chi connectivity index (χ0v) is 11.5. The molecule has 1 aromatic rings. The van der Waals surface area contributed by atoms with Crippen molar-refractivity contribution in [2.24, 2.45) is 0 Å². The summed E-state index contributed by atoms with van der Waals surface area (Å²) < 4.78 is 4.65. The van der Waals surface area contributed by atoms with Crippen LogP contribution in [-0.4, -0.2) is 40.0 Å². The van der Waals surface area contributed by atoms with Gasteiger partial charge in [0.25, 0.3) is 0 Å². The minimum absolute atomic E-state index is 0.0151. The van der Waals surface area contributed by atoms with E-state index in [1.54, 1.807) is 6.92 Å². The van der Waals surface area contributed by atoms with Crippen LogP contribution in [0, 0.1) is 0 Å². The number of carboxylic acid groups (broad SMARTS) is 1. The molecular weight excluding hydrogens is 288 g/mol. The summed E-state index contributed by atoms with van der Waals surface area (Å²) in [5.41, 5.74) is -0.244. The van der Waals surface area contributed by atoms with Crippen molar-refractivity contribution in [3.05, 3.63) is 34.3 Å². The number of aliphatic hydroxyl groups is 2. The van der Waals surface area contributed by atoms with Gasteiger partial charge >= 0.3 is 11.9 Å². The van der Waals surface area contributed by atoms with Gasteiger partial charge in [-0.2, -0.15) is 0 Å². The van der Waals surface area contributed by atoms with E-state index in [0.29, 0.717) is 0 Å². The number of halogens is 1. The number of esters is 1. The van der Waals surface area contributed by atoms with E-state index in [2.05, 4.69) is 4.74 Å². The highest BCUT2D eigenvalue weighted by Gasteiger charge is 2.26. The normalized spacial score (nSPS) is 13.6. The number of aliphatic hydroxyl groups excluding tert-OH is 2. The van der Waals surface area contributed by atoms with Gasteiger partial charge in [-0.1, -0.05) is 17.7 Å². The first-order chi connectivity index (χ1) is 9.36. The van der Waals surface area contributed by atoms with Crippen LogP contribution in [0.15, 0.2) is 18.2 Å². The van der Waals surface area contributed by atoms with Gasteiger partial charge in [0.1, 0.15) is 6.10 Å². The smallest absolute Gasteiger partial charge is 0.336 e. The van der Waals surface area contributed by atoms with Crippen LogP contribution in [0.25, 0.3) is 0 Å². The first-order valence-electron chi connectivity index (χ1n) is 5.91. The average molecular weight is 303 g/mol. The van der Waals surface area contributed by atoms with Crippen molar-refractivity contribution in [1.29, 1.82) is 0 Å². The van der Waals surface area contributed by atoms with Crippen molar-refractivity contribution in [1.82, 2.24) is 0 Å². The van der Waals surface area contributed by atoms with E-state index in [4.69, 9.17) is 16.7 Å². The quantitative estimate of drug-likeness (QED) is 0.686. The molecule has 0 radical (unpaired) electrons. The molecule has 1 aromatic carbocycles. The topological polar surface area (TPSA) is 104 Å². The summed E-state index contributed by atoms with van der Waals surface area (Å²) in [5.74, 6) is -1.96. The lowest BCUT2D eigenvalue weighted by atomic mass is 9.97. The third-order valence-electron chi connectivity index (χ3n) is 2.61. The fraction of sp³-hybridized carbons (Fsp3) is 0.385.